The Labute approximate surface area is 99.2 Å². The number of hydrogen-bond acceptors (Lipinski definition) is 3. The van der Waals surface area contributed by atoms with Gasteiger partial charge < -0.3 is 20.0 Å². The minimum Gasteiger partial charge on any atom is -0.467 e. The van der Waals surface area contributed by atoms with Gasteiger partial charge in [-0.3, -0.25) is 4.79 Å². The first-order valence-corrected chi connectivity index (χ1v) is 5.34. The van der Waals surface area contributed by atoms with Crippen LogP contribution in [0.4, 0.5) is 5.69 Å². The maximum Gasteiger partial charge on any atom is 0.268 e. The average molecular weight is 233 g/mol. The standard InChI is InChI=1S/C12H15N3O2/c1-8(11-4-3-5-17-11)14-12(16)10-6-9(13)7-15(10)2/h3-8H,13H2,1-2H3,(H,14,16). The van der Waals surface area contributed by atoms with E-state index in [0.717, 1.165) is 5.76 Å². The molecule has 2 aromatic rings. The number of aromatic nitrogens is 1. The second kappa shape index (κ2) is 4.37. The molecule has 1 amide bonds. The first-order valence-electron chi connectivity index (χ1n) is 5.34. The molecule has 5 nitrogen and oxygen atoms in total. The van der Waals surface area contributed by atoms with Crippen molar-refractivity contribution in [1.82, 2.24) is 9.88 Å². The molecule has 90 valence electrons. The maximum atomic E-state index is 12.0. The minimum atomic E-state index is -0.173. The van der Waals surface area contributed by atoms with Gasteiger partial charge in [0.05, 0.1) is 18.0 Å². The number of furan rings is 1. The van der Waals surface area contributed by atoms with Gasteiger partial charge in [0.1, 0.15) is 11.5 Å². The van der Waals surface area contributed by atoms with Gasteiger partial charge >= 0.3 is 0 Å². The topological polar surface area (TPSA) is 73.2 Å². The van der Waals surface area contributed by atoms with Crippen molar-refractivity contribution in [2.45, 2.75) is 13.0 Å². The summed E-state index contributed by atoms with van der Waals surface area (Å²) >= 11 is 0. The zero-order chi connectivity index (χ0) is 12.4. The highest BCUT2D eigenvalue weighted by atomic mass is 16.3. The van der Waals surface area contributed by atoms with Crippen LogP contribution in [0.1, 0.15) is 29.2 Å². The highest BCUT2D eigenvalue weighted by Gasteiger charge is 2.15. The smallest absolute Gasteiger partial charge is 0.268 e. The van der Waals surface area contributed by atoms with Crippen molar-refractivity contribution in [1.29, 1.82) is 0 Å². The number of nitrogens with one attached hydrogen (secondary N) is 1. The number of nitrogens with two attached hydrogens (primary N) is 1. The third-order valence-corrected chi connectivity index (χ3v) is 2.58. The quantitative estimate of drug-likeness (QED) is 0.847. The van der Waals surface area contributed by atoms with E-state index in [1.54, 1.807) is 36.2 Å². The molecule has 0 saturated carbocycles. The Morgan fingerprint density at radius 1 is 1.59 bits per heavy atom. The first-order chi connectivity index (χ1) is 8.08. The molecule has 0 fully saturated rings. The second-order valence-corrected chi connectivity index (χ2v) is 3.98. The van der Waals surface area contributed by atoms with E-state index in [-0.39, 0.29) is 11.9 Å². The van der Waals surface area contributed by atoms with Gasteiger partial charge in [-0.1, -0.05) is 0 Å². The van der Waals surface area contributed by atoms with E-state index in [4.69, 9.17) is 10.2 Å². The lowest BCUT2D eigenvalue weighted by Crippen LogP contribution is -2.27. The predicted molar refractivity (Wildman–Crippen MR) is 64.4 cm³/mol. The summed E-state index contributed by atoms with van der Waals surface area (Å²) < 4.78 is 6.92. The van der Waals surface area contributed by atoms with Crippen LogP contribution in [0.3, 0.4) is 0 Å². The Kier molecular flexibility index (Phi) is 2.91. The van der Waals surface area contributed by atoms with Crippen LogP contribution in [0.15, 0.2) is 35.1 Å². The molecule has 2 heterocycles. The van der Waals surface area contributed by atoms with Gasteiger partial charge in [0.15, 0.2) is 0 Å². The average Bonchev–Trinajstić information content (AvgIpc) is 2.87. The summed E-state index contributed by atoms with van der Waals surface area (Å²) in [5, 5.41) is 2.84. The van der Waals surface area contributed by atoms with Crippen molar-refractivity contribution in [2.75, 3.05) is 5.73 Å². The number of nitrogen functional groups attached to an aromatic ring is 1. The Morgan fingerprint density at radius 2 is 2.35 bits per heavy atom. The molecular formula is C12H15N3O2. The summed E-state index contributed by atoms with van der Waals surface area (Å²) in [6.07, 6.45) is 3.28. The van der Waals surface area contributed by atoms with Crippen molar-refractivity contribution in [3.8, 4) is 0 Å². The normalized spacial score (nSPS) is 12.4. The highest BCUT2D eigenvalue weighted by Crippen LogP contribution is 2.14. The second-order valence-electron chi connectivity index (χ2n) is 3.98. The maximum absolute atomic E-state index is 12.0. The van der Waals surface area contributed by atoms with Crippen LogP contribution in [0.2, 0.25) is 0 Å². The van der Waals surface area contributed by atoms with Gasteiger partial charge in [0.25, 0.3) is 5.91 Å². The van der Waals surface area contributed by atoms with Crippen molar-refractivity contribution in [3.63, 3.8) is 0 Å². The first kappa shape index (κ1) is 11.3. The van der Waals surface area contributed by atoms with E-state index in [0.29, 0.717) is 11.4 Å². The number of aryl methyl sites for hydroxylation is 1. The summed E-state index contributed by atoms with van der Waals surface area (Å²) in [4.78, 5) is 12.0. The van der Waals surface area contributed by atoms with Crippen LogP contribution in [-0.4, -0.2) is 10.5 Å². The molecule has 0 aliphatic heterocycles. The van der Waals surface area contributed by atoms with E-state index in [9.17, 15) is 4.79 Å². The molecule has 0 aliphatic carbocycles. The summed E-state index contributed by atoms with van der Waals surface area (Å²) in [6, 6.07) is 5.08. The van der Waals surface area contributed by atoms with Gasteiger partial charge in [-0.25, -0.2) is 0 Å². The lowest BCUT2D eigenvalue weighted by molar-refractivity contribution is 0.0927. The molecule has 17 heavy (non-hydrogen) atoms. The fourth-order valence-electron chi connectivity index (χ4n) is 1.70. The van der Waals surface area contributed by atoms with Crippen molar-refractivity contribution < 1.29 is 9.21 Å². The lowest BCUT2D eigenvalue weighted by atomic mass is 10.2. The van der Waals surface area contributed by atoms with Gasteiger partial charge in [0.2, 0.25) is 0 Å². The van der Waals surface area contributed by atoms with Crippen molar-refractivity contribution >= 4 is 11.6 Å². The fourth-order valence-corrected chi connectivity index (χ4v) is 1.70. The van der Waals surface area contributed by atoms with E-state index in [1.807, 2.05) is 13.0 Å². The Bertz CT molecular complexity index is 514. The van der Waals surface area contributed by atoms with E-state index < -0.39 is 0 Å². The predicted octanol–water partition coefficient (Wildman–Crippen LogP) is 1.69. The lowest BCUT2D eigenvalue weighted by Gasteiger charge is -2.11. The third-order valence-electron chi connectivity index (χ3n) is 2.58. The number of carbonyl (C=O) groups excluding carboxylic acids is 1. The van der Waals surface area contributed by atoms with Crippen LogP contribution < -0.4 is 11.1 Å². The Morgan fingerprint density at radius 3 is 2.88 bits per heavy atom. The SMILES string of the molecule is CC(NC(=O)c1cc(N)cn1C)c1ccco1. The van der Waals surface area contributed by atoms with Gasteiger partial charge in [-0.05, 0) is 25.1 Å². The van der Waals surface area contributed by atoms with E-state index in [1.165, 1.54) is 0 Å². The van der Waals surface area contributed by atoms with Gasteiger partial charge in [0, 0.05) is 13.2 Å². The molecular weight excluding hydrogens is 218 g/mol. The molecule has 0 radical (unpaired) electrons. The zero-order valence-electron chi connectivity index (χ0n) is 9.81. The highest BCUT2D eigenvalue weighted by molar-refractivity contribution is 5.93. The van der Waals surface area contributed by atoms with E-state index in [2.05, 4.69) is 5.32 Å². The van der Waals surface area contributed by atoms with Gasteiger partial charge in [-0.15, -0.1) is 0 Å². The van der Waals surface area contributed by atoms with Crippen LogP contribution in [0.25, 0.3) is 0 Å². The molecule has 0 spiro atoms. The minimum absolute atomic E-state index is 0.173. The molecule has 0 bridgehead atoms. The number of amides is 1. The van der Waals surface area contributed by atoms with Gasteiger partial charge in [-0.2, -0.15) is 0 Å². The zero-order valence-corrected chi connectivity index (χ0v) is 9.81. The molecule has 0 aliphatic rings. The monoisotopic (exact) mass is 233 g/mol. The fraction of sp³-hybridized carbons (Fsp3) is 0.250. The summed E-state index contributed by atoms with van der Waals surface area (Å²) in [5.74, 6) is 0.550. The molecule has 0 saturated heterocycles. The number of carbonyl (C=O) groups is 1. The molecule has 1 unspecified atom stereocenters. The molecule has 1 atom stereocenters. The molecule has 2 aromatic heterocycles. The van der Waals surface area contributed by atoms with Crippen molar-refractivity contribution in [2.24, 2.45) is 7.05 Å². The van der Waals surface area contributed by atoms with Crippen LogP contribution in [-0.2, 0) is 7.05 Å². The summed E-state index contributed by atoms with van der Waals surface area (Å²) in [7, 11) is 1.78. The number of rotatable bonds is 3. The Balaban J connectivity index is 2.09. The Hall–Kier alpha value is -2.17. The van der Waals surface area contributed by atoms with Crippen molar-refractivity contribution in [3.05, 3.63) is 42.1 Å². The number of anilines is 1. The molecule has 3 N–H and O–H groups in total. The molecule has 2 rings (SSSR count). The number of nitrogens with zero attached hydrogens (tertiary/aromatic N) is 1. The van der Waals surface area contributed by atoms with Crippen LogP contribution in [0.5, 0.6) is 0 Å². The van der Waals surface area contributed by atoms with Crippen LogP contribution in [0, 0.1) is 0 Å². The number of hydrogen-bond donors (Lipinski definition) is 2. The molecule has 5 heteroatoms. The third kappa shape index (κ3) is 2.33. The summed E-state index contributed by atoms with van der Waals surface area (Å²) in [6.45, 7) is 1.86. The molecule has 0 aromatic carbocycles. The van der Waals surface area contributed by atoms with E-state index >= 15 is 0 Å². The van der Waals surface area contributed by atoms with Crippen LogP contribution >= 0.6 is 0 Å². The largest absolute Gasteiger partial charge is 0.467 e. The summed E-state index contributed by atoms with van der Waals surface area (Å²) in [5.41, 5.74) is 6.72.